The first-order valence-corrected chi connectivity index (χ1v) is 7.18. The van der Waals surface area contributed by atoms with E-state index in [1.807, 2.05) is 0 Å². The second kappa shape index (κ2) is 4.72. The molecule has 0 bridgehead atoms. The number of rotatable bonds is 2. The Kier molecular flexibility index (Phi) is 3.43. The van der Waals surface area contributed by atoms with E-state index in [-0.39, 0.29) is 10.6 Å². The zero-order valence-corrected chi connectivity index (χ0v) is 11.4. The van der Waals surface area contributed by atoms with Crippen molar-refractivity contribution < 1.29 is 18.1 Å². The van der Waals surface area contributed by atoms with Gasteiger partial charge in [0, 0.05) is 4.47 Å². The van der Waals surface area contributed by atoms with Crippen LogP contribution in [-0.4, -0.2) is 18.1 Å². The molecule has 2 N–H and O–H groups in total. The molecule has 0 aliphatic rings. The Morgan fingerprint density at radius 3 is 2.06 bits per heavy atom. The van der Waals surface area contributed by atoms with Gasteiger partial charge in [0.05, 0.1) is 0 Å². The Morgan fingerprint density at radius 1 is 0.944 bits per heavy atom. The molecule has 0 aromatic heterocycles. The van der Waals surface area contributed by atoms with Crippen molar-refractivity contribution in [2.45, 2.75) is 4.90 Å². The third-order valence-electron chi connectivity index (χ3n) is 2.41. The Hall–Kier alpha value is -1.37. The highest BCUT2D eigenvalue weighted by molar-refractivity contribution is 9.10. The summed E-state index contributed by atoms with van der Waals surface area (Å²) < 4.78 is 31.7. The number of phenolic OH excluding ortho intramolecular Hbond substituents is 1. The molecule has 0 spiro atoms. The van der Waals surface area contributed by atoms with Crippen LogP contribution in [0.3, 0.4) is 0 Å². The predicted octanol–water partition coefficient (Wildman–Crippen LogP) is 3.07. The molecule has 18 heavy (non-hydrogen) atoms. The number of halogens is 1. The zero-order valence-electron chi connectivity index (χ0n) is 9.04. The molecule has 6 heteroatoms. The van der Waals surface area contributed by atoms with Gasteiger partial charge >= 0.3 is 0 Å². The lowest BCUT2D eigenvalue weighted by atomic mass is 10.1. The largest absolute Gasteiger partial charge is 0.508 e. The summed E-state index contributed by atoms with van der Waals surface area (Å²) in [6.07, 6.45) is 0. The minimum Gasteiger partial charge on any atom is -0.508 e. The van der Waals surface area contributed by atoms with Crippen molar-refractivity contribution in [1.82, 2.24) is 0 Å². The van der Waals surface area contributed by atoms with Crippen molar-refractivity contribution in [2.24, 2.45) is 0 Å². The van der Waals surface area contributed by atoms with Gasteiger partial charge in [0.25, 0.3) is 10.1 Å². The summed E-state index contributed by atoms with van der Waals surface area (Å²) in [5.41, 5.74) is 1.37. The highest BCUT2D eigenvalue weighted by Crippen LogP contribution is 2.29. The molecule has 0 saturated heterocycles. The van der Waals surface area contributed by atoms with E-state index in [0.29, 0.717) is 10.0 Å². The highest BCUT2D eigenvalue weighted by Gasteiger charge is 2.15. The summed E-state index contributed by atoms with van der Waals surface area (Å²) in [5, 5.41) is 9.19. The fourth-order valence-corrected chi connectivity index (χ4v) is 2.99. The van der Waals surface area contributed by atoms with Crippen LogP contribution in [0.2, 0.25) is 0 Å². The van der Waals surface area contributed by atoms with Crippen molar-refractivity contribution >= 4 is 26.0 Å². The first-order chi connectivity index (χ1) is 8.38. The van der Waals surface area contributed by atoms with Crippen LogP contribution in [-0.2, 0) is 10.1 Å². The average Bonchev–Trinajstić information content (AvgIpc) is 2.29. The van der Waals surface area contributed by atoms with Crippen LogP contribution in [0.15, 0.2) is 51.8 Å². The maximum atomic E-state index is 11.2. The van der Waals surface area contributed by atoms with E-state index in [9.17, 15) is 13.5 Å². The number of benzene rings is 2. The minimum absolute atomic E-state index is 0.130. The molecule has 0 amide bonds. The number of phenols is 1. The summed E-state index contributed by atoms with van der Waals surface area (Å²) in [4.78, 5) is -0.187. The standard InChI is InChI=1S/C12H9BrO4S/c13-11-6-3-9(7-12(11)18(15,16)17)8-1-4-10(14)5-2-8/h1-7,14H,(H,15,16,17). The molecule has 0 atom stereocenters. The van der Waals surface area contributed by atoms with Gasteiger partial charge in [-0.1, -0.05) is 18.2 Å². The molecule has 0 radical (unpaired) electrons. The zero-order chi connectivity index (χ0) is 13.3. The summed E-state index contributed by atoms with van der Waals surface area (Å²) in [5.74, 6) is 0.130. The van der Waals surface area contributed by atoms with E-state index in [4.69, 9.17) is 4.55 Å². The molecule has 4 nitrogen and oxygen atoms in total. The second-order valence-electron chi connectivity index (χ2n) is 3.67. The summed E-state index contributed by atoms with van der Waals surface area (Å²) in [6, 6.07) is 11.0. The Bertz CT molecular complexity index is 678. The monoisotopic (exact) mass is 328 g/mol. The van der Waals surface area contributed by atoms with Crippen LogP contribution in [0.25, 0.3) is 11.1 Å². The van der Waals surface area contributed by atoms with Crippen LogP contribution in [0.5, 0.6) is 5.75 Å². The van der Waals surface area contributed by atoms with Crippen molar-refractivity contribution in [2.75, 3.05) is 0 Å². The smallest absolute Gasteiger partial charge is 0.295 e. The second-order valence-corrected chi connectivity index (χ2v) is 5.91. The molecule has 0 aliphatic carbocycles. The van der Waals surface area contributed by atoms with E-state index < -0.39 is 10.1 Å². The molecule has 0 fully saturated rings. The molecule has 0 aliphatic heterocycles. The van der Waals surface area contributed by atoms with Crippen molar-refractivity contribution in [3.05, 3.63) is 46.9 Å². The van der Waals surface area contributed by atoms with Gasteiger partial charge in [0.15, 0.2) is 0 Å². The molecule has 94 valence electrons. The molecule has 0 saturated carbocycles. The quantitative estimate of drug-likeness (QED) is 0.831. The van der Waals surface area contributed by atoms with Crippen molar-refractivity contribution in [1.29, 1.82) is 0 Å². The van der Waals surface area contributed by atoms with Crippen LogP contribution in [0, 0.1) is 0 Å². The molecule has 2 rings (SSSR count). The van der Waals surface area contributed by atoms with Crippen molar-refractivity contribution in [3.8, 4) is 16.9 Å². The Morgan fingerprint density at radius 2 is 1.50 bits per heavy atom. The third-order valence-corrected chi connectivity index (χ3v) is 4.26. The first-order valence-electron chi connectivity index (χ1n) is 4.94. The molecular formula is C12H9BrO4S. The van der Waals surface area contributed by atoms with Crippen molar-refractivity contribution in [3.63, 3.8) is 0 Å². The Labute approximate surface area is 113 Å². The number of hydrogen-bond donors (Lipinski definition) is 2. The first kappa shape index (κ1) is 13.1. The average molecular weight is 329 g/mol. The van der Waals surface area contributed by atoms with Gasteiger partial charge in [0.2, 0.25) is 0 Å². The molecule has 2 aromatic rings. The van der Waals surface area contributed by atoms with Gasteiger partial charge in [-0.15, -0.1) is 0 Å². The summed E-state index contributed by atoms with van der Waals surface area (Å²) >= 11 is 3.07. The minimum atomic E-state index is -4.27. The van der Waals surface area contributed by atoms with E-state index in [1.54, 1.807) is 24.3 Å². The Balaban J connectivity index is 2.57. The number of aromatic hydroxyl groups is 1. The maximum absolute atomic E-state index is 11.2. The summed E-state index contributed by atoms with van der Waals surface area (Å²) in [6.45, 7) is 0. The van der Waals surface area contributed by atoms with Gasteiger partial charge < -0.3 is 5.11 Å². The van der Waals surface area contributed by atoms with E-state index in [2.05, 4.69) is 15.9 Å². The molecular weight excluding hydrogens is 320 g/mol. The molecule has 0 heterocycles. The SMILES string of the molecule is O=S(=O)(O)c1cc(-c2ccc(O)cc2)ccc1Br. The van der Waals surface area contributed by atoms with Crippen LogP contribution < -0.4 is 0 Å². The van der Waals surface area contributed by atoms with Crippen LogP contribution >= 0.6 is 15.9 Å². The van der Waals surface area contributed by atoms with E-state index in [1.165, 1.54) is 18.2 Å². The van der Waals surface area contributed by atoms with E-state index in [0.717, 1.165) is 5.56 Å². The fourth-order valence-electron chi connectivity index (χ4n) is 1.53. The lowest BCUT2D eigenvalue weighted by Crippen LogP contribution is -1.99. The van der Waals surface area contributed by atoms with Crippen LogP contribution in [0.4, 0.5) is 0 Å². The molecule has 2 aromatic carbocycles. The fraction of sp³-hybridized carbons (Fsp3) is 0. The van der Waals surface area contributed by atoms with Gasteiger partial charge in [0.1, 0.15) is 10.6 Å². The van der Waals surface area contributed by atoms with E-state index >= 15 is 0 Å². The summed E-state index contributed by atoms with van der Waals surface area (Å²) in [7, 11) is -4.27. The lowest BCUT2D eigenvalue weighted by molar-refractivity contribution is 0.475. The molecule has 0 unspecified atom stereocenters. The van der Waals surface area contributed by atoms with Gasteiger partial charge in [-0.25, -0.2) is 0 Å². The van der Waals surface area contributed by atoms with Gasteiger partial charge in [-0.2, -0.15) is 8.42 Å². The number of hydrogen-bond acceptors (Lipinski definition) is 3. The topological polar surface area (TPSA) is 74.6 Å². The third kappa shape index (κ3) is 2.72. The predicted molar refractivity (Wildman–Crippen MR) is 71.1 cm³/mol. The lowest BCUT2D eigenvalue weighted by Gasteiger charge is -2.06. The van der Waals surface area contributed by atoms with Crippen LogP contribution in [0.1, 0.15) is 0 Å². The normalized spacial score (nSPS) is 11.4. The maximum Gasteiger partial charge on any atom is 0.295 e. The van der Waals surface area contributed by atoms with Gasteiger partial charge in [-0.05, 0) is 51.3 Å². The highest BCUT2D eigenvalue weighted by atomic mass is 79.9. The van der Waals surface area contributed by atoms with Gasteiger partial charge in [-0.3, -0.25) is 4.55 Å².